The Balaban J connectivity index is 1.37. The van der Waals surface area contributed by atoms with Crippen molar-refractivity contribution in [2.75, 3.05) is 6.61 Å². The summed E-state index contributed by atoms with van der Waals surface area (Å²) < 4.78 is 87.6. The minimum atomic E-state index is -4.30. The molecule has 12 heteroatoms. The molecule has 3 saturated carbocycles. The number of alkyl halides is 5. The van der Waals surface area contributed by atoms with Crippen LogP contribution < -0.4 is 5.56 Å². The van der Waals surface area contributed by atoms with Crippen molar-refractivity contribution in [3.8, 4) is 0 Å². The number of ether oxygens (including phenoxy) is 1. The SMILES string of the molecule is Cc1nc2nc([C@H]3CCO[C@@H](c4ccc(=O)n(C(F)F)c4)C3)nc(C34CC(C(F)(F)F)(C3)C4)c2cc1F. The number of aromatic nitrogens is 4. The van der Waals surface area contributed by atoms with Crippen LogP contribution in [0.1, 0.15) is 73.5 Å². The molecule has 6 nitrogen and oxygen atoms in total. The Morgan fingerprint density at radius 2 is 1.86 bits per heavy atom. The molecule has 1 aliphatic heterocycles. The van der Waals surface area contributed by atoms with E-state index in [1.165, 1.54) is 19.1 Å². The quantitative estimate of drug-likeness (QED) is 0.413. The zero-order valence-electron chi connectivity index (χ0n) is 19.7. The van der Waals surface area contributed by atoms with Crippen molar-refractivity contribution in [2.45, 2.75) is 69.2 Å². The van der Waals surface area contributed by atoms with Crippen LogP contribution in [-0.2, 0) is 10.2 Å². The van der Waals surface area contributed by atoms with Crippen LogP contribution in [0.15, 0.2) is 29.2 Å². The molecule has 3 aromatic rings. The number of fused-ring (bicyclic) bond motifs is 1. The Hall–Kier alpha value is -3.02. The molecule has 37 heavy (non-hydrogen) atoms. The summed E-state index contributed by atoms with van der Waals surface area (Å²) in [7, 11) is 0. The summed E-state index contributed by atoms with van der Waals surface area (Å²) in [6, 6.07) is 3.74. The lowest BCUT2D eigenvalue weighted by Gasteiger charge is -2.70. The standard InChI is InChI=1S/C25H22F6N4O2/c1-12-16(26)7-15-19(23-9-24(10-23,11-23)25(29,30)31)33-20(34-21(15)32-12)13-4-5-37-17(6-13)14-2-3-18(36)35(8-14)22(27)28/h2-3,7-8,13,17,22H,4-6,9-11H2,1H3/t13-,17+,23?,24?/m0/s1. The lowest BCUT2D eigenvalue weighted by molar-refractivity contribution is -0.337. The molecule has 4 aliphatic rings. The fourth-order valence-electron chi connectivity index (χ4n) is 6.19. The summed E-state index contributed by atoms with van der Waals surface area (Å²) in [6.45, 7) is -1.25. The van der Waals surface area contributed by atoms with Crippen LogP contribution in [0.3, 0.4) is 0 Å². The number of aryl methyl sites for hydroxylation is 1. The summed E-state index contributed by atoms with van der Waals surface area (Å²) in [5.74, 6) is -0.519. The number of hydrogen-bond donors (Lipinski definition) is 0. The van der Waals surface area contributed by atoms with Gasteiger partial charge in [0.1, 0.15) is 11.6 Å². The largest absolute Gasteiger partial charge is 0.394 e. The van der Waals surface area contributed by atoms with Gasteiger partial charge in [0, 0.05) is 35.6 Å². The van der Waals surface area contributed by atoms with Crippen molar-refractivity contribution in [3.05, 3.63) is 63.3 Å². The molecule has 1 saturated heterocycles. The van der Waals surface area contributed by atoms with E-state index in [2.05, 4.69) is 9.97 Å². The summed E-state index contributed by atoms with van der Waals surface area (Å²) in [6.07, 6.45) is -3.34. The van der Waals surface area contributed by atoms with E-state index < -0.39 is 41.0 Å². The first-order valence-corrected chi connectivity index (χ1v) is 12.0. The van der Waals surface area contributed by atoms with Gasteiger partial charge in [0.05, 0.1) is 22.9 Å². The van der Waals surface area contributed by atoms with Gasteiger partial charge in [-0.05, 0) is 56.7 Å². The van der Waals surface area contributed by atoms with Gasteiger partial charge < -0.3 is 4.74 Å². The molecular formula is C25H22F6N4O2. The molecule has 196 valence electrons. The highest BCUT2D eigenvalue weighted by Gasteiger charge is 2.79. The van der Waals surface area contributed by atoms with E-state index in [4.69, 9.17) is 9.72 Å². The van der Waals surface area contributed by atoms with E-state index in [-0.39, 0.29) is 43.1 Å². The molecule has 4 fully saturated rings. The zero-order chi connectivity index (χ0) is 26.3. The zero-order valence-corrected chi connectivity index (χ0v) is 19.7. The van der Waals surface area contributed by atoms with E-state index >= 15 is 0 Å². The molecule has 0 radical (unpaired) electrons. The van der Waals surface area contributed by atoms with Gasteiger partial charge >= 0.3 is 12.7 Å². The minimum Gasteiger partial charge on any atom is -0.373 e. The van der Waals surface area contributed by atoms with Crippen molar-refractivity contribution >= 4 is 11.0 Å². The molecule has 0 aromatic carbocycles. The van der Waals surface area contributed by atoms with Gasteiger partial charge in [-0.3, -0.25) is 9.36 Å². The lowest BCUT2D eigenvalue weighted by atomic mass is 9.33. The normalized spacial score (nSPS) is 29.3. The first-order chi connectivity index (χ1) is 17.4. The van der Waals surface area contributed by atoms with Crippen LogP contribution in [0.4, 0.5) is 26.3 Å². The first-order valence-electron chi connectivity index (χ1n) is 12.0. The second kappa shape index (κ2) is 7.99. The van der Waals surface area contributed by atoms with Crippen molar-refractivity contribution in [2.24, 2.45) is 5.41 Å². The predicted octanol–water partition coefficient (Wildman–Crippen LogP) is 5.65. The van der Waals surface area contributed by atoms with Gasteiger partial charge in [-0.1, -0.05) is 0 Å². The molecule has 3 aromatic heterocycles. The molecule has 2 atom stereocenters. The molecule has 2 bridgehead atoms. The lowest BCUT2D eigenvalue weighted by Crippen LogP contribution is -2.70. The Morgan fingerprint density at radius 3 is 2.54 bits per heavy atom. The molecule has 0 spiro atoms. The van der Waals surface area contributed by atoms with Gasteiger partial charge in [-0.25, -0.2) is 19.3 Å². The van der Waals surface area contributed by atoms with Gasteiger partial charge in [-0.15, -0.1) is 0 Å². The van der Waals surface area contributed by atoms with Crippen molar-refractivity contribution < 1.29 is 31.1 Å². The Labute approximate surface area is 206 Å². The smallest absolute Gasteiger partial charge is 0.373 e. The highest BCUT2D eigenvalue weighted by Crippen LogP contribution is 2.78. The second-order valence-corrected chi connectivity index (χ2v) is 10.5. The Bertz CT molecular complexity index is 1450. The number of halogens is 6. The second-order valence-electron chi connectivity index (χ2n) is 10.5. The van der Waals surface area contributed by atoms with Gasteiger partial charge in [0.25, 0.3) is 5.56 Å². The molecule has 4 heterocycles. The van der Waals surface area contributed by atoms with E-state index in [9.17, 15) is 31.1 Å². The van der Waals surface area contributed by atoms with Crippen LogP contribution in [0.5, 0.6) is 0 Å². The van der Waals surface area contributed by atoms with Gasteiger partial charge in [0.15, 0.2) is 5.65 Å². The Morgan fingerprint density at radius 1 is 1.14 bits per heavy atom. The van der Waals surface area contributed by atoms with E-state index in [0.29, 0.717) is 39.9 Å². The van der Waals surface area contributed by atoms with Crippen LogP contribution in [-0.4, -0.2) is 32.3 Å². The monoisotopic (exact) mass is 524 g/mol. The maximum Gasteiger partial charge on any atom is 0.394 e. The highest BCUT2D eigenvalue weighted by molar-refractivity contribution is 5.80. The third kappa shape index (κ3) is 3.66. The predicted molar refractivity (Wildman–Crippen MR) is 119 cm³/mol. The maximum absolute atomic E-state index is 14.4. The summed E-state index contributed by atoms with van der Waals surface area (Å²) in [5, 5.41) is 0.315. The van der Waals surface area contributed by atoms with Crippen LogP contribution in [0, 0.1) is 18.2 Å². The van der Waals surface area contributed by atoms with Crippen LogP contribution in [0.25, 0.3) is 11.0 Å². The van der Waals surface area contributed by atoms with E-state index in [1.54, 1.807) is 0 Å². The highest BCUT2D eigenvalue weighted by atomic mass is 19.4. The van der Waals surface area contributed by atoms with Crippen molar-refractivity contribution in [1.29, 1.82) is 0 Å². The van der Waals surface area contributed by atoms with Crippen LogP contribution >= 0.6 is 0 Å². The fraction of sp³-hybridized carbons (Fsp3) is 0.520. The Kier molecular flexibility index (Phi) is 5.25. The molecule has 3 aliphatic carbocycles. The topological polar surface area (TPSA) is 69.9 Å². The molecule has 0 unspecified atom stereocenters. The molecule has 0 amide bonds. The molecule has 7 rings (SSSR count). The molecule has 0 N–H and O–H groups in total. The van der Waals surface area contributed by atoms with Gasteiger partial charge in [-0.2, -0.15) is 22.0 Å². The number of nitrogens with zero attached hydrogens (tertiary/aromatic N) is 4. The number of rotatable bonds is 4. The minimum absolute atomic E-state index is 0.101. The number of hydrogen-bond acceptors (Lipinski definition) is 5. The van der Waals surface area contributed by atoms with Gasteiger partial charge in [0.2, 0.25) is 0 Å². The average Bonchev–Trinajstić information content (AvgIpc) is 2.77. The van der Waals surface area contributed by atoms with E-state index in [1.807, 2.05) is 0 Å². The fourth-order valence-corrected chi connectivity index (χ4v) is 6.19. The average molecular weight is 524 g/mol. The summed E-state index contributed by atoms with van der Waals surface area (Å²) in [5.41, 5.74) is -2.22. The third-order valence-electron chi connectivity index (χ3n) is 8.16. The molecular weight excluding hydrogens is 502 g/mol. The van der Waals surface area contributed by atoms with Crippen molar-refractivity contribution in [1.82, 2.24) is 19.5 Å². The third-order valence-corrected chi connectivity index (χ3v) is 8.16. The summed E-state index contributed by atoms with van der Waals surface area (Å²) >= 11 is 0. The van der Waals surface area contributed by atoms with E-state index in [0.717, 1.165) is 12.3 Å². The summed E-state index contributed by atoms with van der Waals surface area (Å²) in [4.78, 5) is 25.3. The van der Waals surface area contributed by atoms with Crippen molar-refractivity contribution in [3.63, 3.8) is 0 Å². The number of pyridine rings is 2. The first kappa shape index (κ1) is 24.3. The maximum atomic E-state index is 14.4. The van der Waals surface area contributed by atoms with Crippen LogP contribution in [0.2, 0.25) is 0 Å².